The topological polar surface area (TPSA) is 112 Å². The zero-order valence-corrected chi connectivity index (χ0v) is 17.7. The number of carbonyl (C=O) groups excluding carboxylic acids is 3. The fourth-order valence-electron chi connectivity index (χ4n) is 4.16. The summed E-state index contributed by atoms with van der Waals surface area (Å²) in [6, 6.07) is 0. The molecule has 2 saturated heterocycles. The predicted molar refractivity (Wildman–Crippen MR) is 105 cm³/mol. The first-order valence-electron chi connectivity index (χ1n) is 9.99. The second kappa shape index (κ2) is 8.35. The van der Waals surface area contributed by atoms with Crippen LogP contribution in [0.2, 0.25) is 0 Å². The number of hydrogen-bond acceptors (Lipinski definition) is 8. The van der Waals surface area contributed by atoms with Gasteiger partial charge in [0.2, 0.25) is 0 Å². The van der Waals surface area contributed by atoms with Crippen molar-refractivity contribution in [2.75, 3.05) is 6.61 Å². The molecule has 3 rings (SSSR count). The molecule has 2 heterocycles. The normalized spacial score (nSPS) is 37.8. The van der Waals surface area contributed by atoms with Gasteiger partial charge in [0.05, 0.1) is 29.8 Å². The first-order chi connectivity index (χ1) is 14.1. The molecule has 0 aromatic heterocycles. The van der Waals surface area contributed by atoms with Crippen molar-refractivity contribution in [1.82, 2.24) is 0 Å². The zero-order chi connectivity index (χ0) is 22.2. The molecule has 0 spiro atoms. The average molecular weight is 420 g/mol. The van der Waals surface area contributed by atoms with Gasteiger partial charge in [0.1, 0.15) is 18.3 Å². The Kier molecular flexibility index (Phi) is 6.19. The molecular formula is C22H28O8. The van der Waals surface area contributed by atoms with Crippen molar-refractivity contribution in [3.63, 3.8) is 0 Å². The number of aliphatic hydroxyl groups excluding tert-OH is 1. The van der Waals surface area contributed by atoms with Crippen LogP contribution in [-0.4, -0.2) is 59.6 Å². The summed E-state index contributed by atoms with van der Waals surface area (Å²) in [5.41, 5.74) is 0.432. The number of hydrogen-bond donors (Lipinski definition) is 1. The summed E-state index contributed by atoms with van der Waals surface area (Å²) >= 11 is 0. The van der Waals surface area contributed by atoms with Crippen LogP contribution in [0.25, 0.3) is 0 Å². The van der Waals surface area contributed by atoms with Gasteiger partial charge in [-0.3, -0.25) is 4.79 Å². The molecule has 2 fully saturated rings. The van der Waals surface area contributed by atoms with E-state index in [1.165, 1.54) is 13.0 Å². The van der Waals surface area contributed by atoms with Gasteiger partial charge in [0.15, 0.2) is 0 Å². The molecule has 0 aromatic carbocycles. The minimum atomic E-state index is -0.743. The lowest BCUT2D eigenvalue weighted by Gasteiger charge is -2.29. The van der Waals surface area contributed by atoms with E-state index < -0.39 is 54.3 Å². The van der Waals surface area contributed by atoms with Gasteiger partial charge in [-0.05, 0) is 32.4 Å². The predicted octanol–water partition coefficient (Wildman–Crippen LogP) is 1.76. The largest absolute Gasteiger partial charge is 0.458 e. The molecule has 164 valence electrons. The van der Waals surface area contributed by atoms with E-state index in [0.717, 1.165) is 5.57 Å². The highest BCUT2D eigenvalue weighted by molar-refractivity contribution is 5.92. The molecule has 2 aliphatic heterocycles. The molecule has 2 unspecified atom stereocenters. The highest BCUT2D eigenvalue weighted by atomic mass is 16.6. The van der Waals surface area contributed by atoms with E-state index in [2.05, 4.69) is 6.58 Å². The summed E-state index contributed by atoms with van der Waals surface area (Å²) in [6.07, 6.45) is 1.79. The number of esters is 3. The van der Waals surface area contributed by atoms with Crippen molar-refractivity contribution in [3.05, 3.63) is 35.5 Å². The Morgan fingerprint density at radius 3 is 2.70 bits per heavy atom. The van der Waals surface area contributed by atoms with Gasteiger partial charge >= 0.3 is 17.9 Å². The number of aliphatic hydroxyl groups is 1. The Morgan fingerprint density at radius 1 is 1.40 bits per heavy atom. The van der Waals surface area contributed by atoms with Crippen LogP contribution in [-0.2, 0) is 33.3 Å². The lowest BCUT2D eigenvalue weighted by Crippen LogP contribution is -2.38. The number of allylic oxidation sites excluding steroid dienone is 1. The van der Waals surface area contributed by atoms with Crippen molar-refractivity contribution in [1.29, 1.82) is 0 Å². The minimum Gasteiger partial charge on any atom is -0.458 e. The molecular weight excluding hydrogens is 392 g/mol. The SMILES string of the molecule is C=C1C(=O)O[C@@H]2/C=C(/C)C(OC(C)=O)C[C@H]3O[C@]3(C)CC(OC(=O)/C(=C/C)CO)[C@@H]12. The summed E-state index contributed by atoms with van der Waals surface area (Å²) in [6.45, 7) is 10.1. The van der Waals surface area contributed by atoms with Crippen LogP contribution in [0.15, 0.2) is 35.5 Å². The third kappa shape index (κ3) is 4.34. The van der Waals surface area contributed by atoms with Crippen molar-refractivity contribution < 1.29 is 38.4 Å². The Balaban J connectivity index is 1.98. The maximum absolute atomic E-state index is 12.5. The quantitative estimate of drug-likeness (QED) is 0.241. The Hall–Kier alpha value is -2.45. The summed E-state index contributed by atoms with van der Waals surface area (Å²) in [4.78, 5) is 36.4. The van der Waals surface area contributed by atoms with Crippen LogP contribution in [0.4, 0.5) is 0 Å². The number of ether oxygens (including phenoxy) is 4. The first kappa shape index (κ1) is 22.2. The van der Waals surface area contributed by atoms with Crippen LogP contribution in [0.3, 0.4) is 0 Å². The van der Waals surface area contributed by atoms with Gasteiger partial charge in [-0.15, -0.1) is 0 Å². The van der Waals surface area contributed by atoms with E-state index in [1.807, 2.05) is 6.92 Å². The molecule has 0 radical (unpaired) electrons. The number of carbonyl (C=O) groups is 3. The lowest BCUT2D eigenvalue weighted by molar-refractivity contribution is -0.149. The monoisotopic (exact) mass is 420 g/mol. The average Bonchev–Trinajstić information content (AvgIpc) is 3.19. The van der Waals surface area contributed by atoms with Crippen molar-refractivity contribution in [3.8, 4) is 0 Å². The minimum absolute atomic E-state index is 0.125. The number of rotatable bonds is 4. The highest BCUT2D eigenvalue weighted by Gasteiger charge is 2.58. The van der Waals surface area contributed by atoms with E-state index in [4.69, 9.17) is 18.9 Å². The molecule has 0 amide bonds. The van der Waals surface area contributed by atoms with Crippen molar-refractivity contribution in [2.24, 2.45) is 5.92 Å². The fourth-order valence-corrected chi connectivity index (χ4v) is 4.16. The van der Waals surface area contributed by atoms with E-state index >= 15 is 0 Å². The summed E-state index contributed by atoms with van der Waals surface area (Å²) in [7, 11) is 0. The Morgan fingerprint density at radius 2 is 2.10 bits per heavy atom. The van der Waals surface area contributed by atoms with Crippen LogP contribution < -0.4 is 0 Å². The molecule has 30 heavy (non-hydrogen) atoms. The first-order valence-corrected chi connectivity index (χ1v) is 9.99. The molecule has 6 atom stereocenters. The summed E-state index contributed by atoms with van der Waals surface area (Å²) in [5.74, 6) is -2.25. The lowest BCUT2D eigenvalue weighted by atomic mass is 9.82. The maximum atomic E-state index is 12.5. The molecule has 0 bridgehead atoms. The van der Waals surface area contributed by atoms with E-state index in [0.29, 0.717) is 12.8 Å². The molecule has 8 heteroatoms. The van der Waals surface area contributed by atoms with Gasteiger partial charge in [-0.25, -0.2) is 9.59 Å². The standard InChI is InChI=1S/C22H28O8/c1-6-14(10-23)21(26)29-17-9-22(5)18(30-22)8-15(27-13(4)24)11(2)7-16-19(17)12(3)20(25)28-16/h6-7,15-19,23H,3,8-10H2,1-2,4-5H3/b11-7-,14-6+/t15?,16-,17?,18-,19+,22-/m1/s1. The molecule has 0 aromatic rings. The van der Waals surface area contributed by atoms with E-state index in [9.17, 15) is 19.5 Å². The Labute approximate surface area is 175 Å². The van der Waals surface area contributed by atoms with E-state index in [-0.39, 0.29) is 17.3 Å². The number of fused-ring (bicyclic) bond motifs is 2. The Bertz CT molecular complexity index is 825. The number of epoxide rings is 1. The summed E-state index contributed by atoms with van der Waals surface area (Å²) in [5, 5.41) is 9.40. The third-order valence-corrected chi connectivity index (χ3v) is 6.01. The molecule has 1 aliphatic carbocycles. The molecule has 0 saturated carbocycles. The smallest absolute Gasteiger partial charge is 0.336 e. The van der Waals surface area contributed by atoms with Gasteiger partial charge in [-0.1, -0.05) is 12.7 Å². The fraction of sp³-hybridized carbons (Fsp3) is 0.591. The van der Waals surface area contributed by atoms with Crippen molar-refractivity contribution in [2.45, 2.75) is 70.6 Å². The summed E-state index contributed by atoms with van der Waals surface area (Å²) < 4.78 is 22.6. The van der Waals surface area contributed by atoms with Crippen LogP contribution >= 0.6 is 0 Å². The van der Waals surface area contributed by atoms with Crippen molar-refractivity contribution >= 4 is 17.9 Å². The molecule has 3 aliphatic rings. The van der Waals surface area contributed by atoms with Gasteiger partial charge < -0.3 is 24.1 Å². The van der Waals surface area contributed by atoms with Gasteiger partial charge in [0, 0.05) is 25.3 Å². The van der Waals surface area contributed by atoms with Crippen LogP contribution in [0, 0.1) is 5.92 Å². The van der Waals surface area contributed by atoms with Crippen LogP contribution in [0.5, 0.6) is 0 Å². The second-order valence-corrected chi connectivity index (χ2v) is 8.20. The van der Waals surface area contributed by atoms with E-state index in [1.54, 1.807) is 19.9 Å². The molecule has 1 N–H and O–H groups in total. The molecule has 8 nitrogen and oxygen atoms in total. The zero-order valence-electron chi connectivity index (χ0n) is 17.7. The maximum Gasteiger partial charge on any atom is 0.336 e. The third-order valence-electron chi connectivity index (χ3n) is 6.01. The second-order valence-electron chi connectivity index (χ2n) is 8.20. The van der Waals surface area contributed by atoms with Crippen LogP contribution in [0.1, 0.15) is 40.5 Å². The van der Waals surface area contributed by atoms with Gasteiger partial charge in [0.25, 0.3) is 0 Å². The highest BCUT2D eigenvalue weighted by Crippen LogP contribution is 2.48. The van der Waals surface area contributed by atoms with Gasteiger partial charge in [-0.2, -0.15) is 0 Å².